The third-order valence-corrected chi connectivity index (χ3v) is 3.49. The van der Waals surface area contributed by atoms with E-state index in [1.807, 2.05) is 55.5 Å². The van der Waals surface area contributed by atoms with Gasteiger partial charge in [-0.2, -0.15) is 5.26 Å². The van der Waals surface area contributed by atoms with Gasteiger partial charge in [-0.25, -0.2) is 0 Å². The Hall–Kier alpha value is -3.06. The third kappa shape index (κ3) is 2.23. The topological polar surface area (TPSA) is 47.3 Å². The number of nitriles is 1. The lowest BCUT2D eigenvalue weighted by Crippen LogP contribution is -2.21. The molecule has 1 aliphatic rings. The summed E-state index contributed by atoms with van der Waals surface area (Å²) in [6.07, 6.45) is 1.83. The second-order valence-electron chi connectivity index (χ2n) is 5.33. The Bertz CT molecular complexity index is 815. The Balaban J connectivity index is 2.17. The maximum atomic E-state index is 12.8. The summed E-state index contributed by atoms with van der Waals surface area (Å²) in [5.74, 6) is -0.0787. The number of nitrogens with zero attached hydrogens (tertiary/aromatic N) is 3. The van der Waals surface area contributed by atoms with Gasteiger partial charge >= 0.3 is 0 Å². The van der Waals surface area contributed by atoms with E-state index in [9.17, 15) is 4.79 Å². The van der Waals surface area contributed by atoms with Gasteiger partial charge in [0.25, 0.3) is 5.91 Å². The number of anilines is 2. The van der Waals surface area contributed by atoms with Crippen LogP contribution in [-0.2, 0) is 4.79 Å². The number of benzene rings is 2. The predicted molar refractivity (Wildman–Crippen MR) is 86.4 cm³/mol. The number of fused-ring (bicyclic) bond motifs is 1. The molecular formula is C18H15N3O. The minimum atomic E-state index is -0.0787. The molecule has 1 heterocycles. The van der Waals surface area contributed by atoms with Gasteiger partial charge in [-0.05, 0) is 24.3 Å². The van der Waals surface area contributed by atoms with Crippen LogP contribution in [0.25, 0.3) is 5.57 Å². The van der Waals surface area contributed by atoms with Crippen molar-refractivity contribution in [3.63, 3.8) is 0 Å². The first-order valence-electron chi connectivity index (χ1n) is 6.94. The Morgan fingerprint density at radius 3 is 2.64 bits per heavy atom. The molecule has 0 aliphatic carbocycles. The first-order chi connectivity index (χ1) is 10.6. The van der Waals surface area contributed by atoms with Crippen LogP contribution in [0, 0.1) is 11.3 Å². The molecule has 1 amide bonds. The second-order valence-corrected chi connectivity index (χ2v) is 5.33. The van der Waals surface area contributed by atoms with Crippen LogP contribution in [0.15, 0.2) is 54.7 Å². The molecule has 2 aromatic rings. The van der Waals surface area contributed by atoms with Crippen molar-refractivity contribution < 1.29 is 4.79 Å². The van der Waals surface area contributed by atoms with Crippen molar-refractivity contribution in [3.05, 3.63) is 65.9 Å². The number of para-hydroxylation sites is 1. The Morgan fingerprint density at radius 2 is 1.91 bits per heavy atom. The molecule has 0 spiro atoms. The zero-order valence-electron chi connectivity index (χ0n) is 12.4. The molecular weight excluding hydrogens is 274 g/mol. The lowest BCUT2D eigenvalue weighted by Gasteiger charge is -2.17. The molecule has 4 heteroatoms. The zero-order valence-corrected chi connectivity index (χ0v) is 12.4. The summed E-state index contributed by atoms with van der Waals surface area (Å²) in [5.41, 5.74) is 3.65. The van der Waals surface area contributed by atoms with E-state index in [1.165, 1.54) is 0 Å². The molecule has 0 saturated heterocycles. The summed E-state index contributed by atoms with van der Waals surface area (Å²) < 4.78 is 0. The molecule has 0 saturated carbocycles. The molecule has 1 aliphatic heterocycles. The average Bonchev–Trinajstić information content (AvgIpc) is 2.79. The van der Waals surface area contributed by atoms with Crippen LogP contribution in [0.3, 0.4) is 0 Å². The summed E-state index contributed by atoms with van der Waals surface area (Å²) in [7, 11) is 3.78. The van der Waals surface area contributed by atoms with Crippen molar-refractivity contribution in [1.82, 2.24) is 4.90 Å². The van der Waals surface area contributed by atoms with Gasteiger partial charge in [0.1, 0.15) is 0 Å². The zero-order chi connectivity index (χ0) is 15.7. The molecule has 108 valence electrons. The van der Waals surface area contributed by atoms with E-state index < -0.39 is 0 Å². The van der Waals surface area contributed by atoms with Gasteiger partial charge in [0.2, 0.25) is 0 Å². The highest BCUT2D eigenvalue weighted by Crippen LogP contribution is 2.41. The molecule has 0 bridgehead atoms. The van der Waals surface area contributed by atoms with E-state index in [4.69, 9.17) is 5.26 Å². The van der Waals surface area contributed by atoms with Crippen LogP contribution in [-0.4, -0.2) is 24.9 Å². The van der Waals surface area contributed by atoms with E-state index in [1.54, 1.807) is 23.1 Å². The Morgan fingerprint density at radius 1 is 1.14 bits per heavy atom. The van der Waals surface area contributed by atoms with Crippen LogP contribution >= 0.6 is 0 Å². The van der Waals surface area contributed by atoms with E-state index in [-0.39, 0.29) is 5.91 Å². The minimum Gasteiger partial charge on any atom is -0.383 e. The summed E-state index contributed by atoms with van der Waals surface area (Å²) in [4.78, 5) is 16.4. The lowest BCUT2D eigenvalue weighted by molar-refractivity contribution is -0.112. The molecule has 4 nitrogen and oxygen atoms in total. The van der Waals surface area contributed by atoms with Gasteiger partial charge in [-0.15, -0.1) is 0 Å². The molecule has 0 atom stereocenters. The monoisotopic (exact) mass is 289 g/mol. The minimum absolute atomic E-state index is 0.0787. The van der Waals surface area contributed by atoms with Crippen LogP contribution < -0.4 is 4.90 Å². The quantitative estimate of drug-likeness (QED) is 0.798. The van der Waals surface area contributed by atoms with Crippen molar-refractivity contribution in [2.45, 2.75) is 0 Å². The summed E-state index contributed by atoms with van der Waals surface area (Å²) in [6.45, 7) is 0. The van der Waals surface area contributed by atoms with Crippen LogP contribution in [0.4, 0.5) is 11.4 Å². The molecule has 0 N–H and O–H groups in total. The maximum absolute atomic E-state index is 12.8. The molecule has 0 fully saturated rings. The summed E-state index contributed by atoms with van der Waals surface area (Å²) in [6, 6.07) is 16.9. The second kappa shape index (κ2) is 5.38. The highest BCUT2D eigenvalue weighted by atomic mass is 16.2. The number of rotatable bonds is 2. The highest BCUT2D eigenvalue weighted by molar-refractivity contribution is 6.34. The molecule has 3 rings (SSSR count). The Kier molecular flexibility index (Phi) is 3.40. The number of carbonyl (C=O) groups is 1. The third-order valence-electron chi connectivity index (χ3n) is 3.49. The van der Waals surface area contributed by atoms with E-state index in [2.05, 4.69) is 6.07 Å². The molecule has 22 heavy (non-hydrogen) atoms. The van der Waals surface area contributed by atoms with Crippen molar-refractivity contribution in [1.29, 1.82) is 5.26 Å². The number of amides is 1. The number of hydrogen-bond acceptors (Lipinski definition) is 3. The fourth-order valence-electron chi connectivity index (χ4n) is 2.60. The number of hydrogen-bond donors (Lipinski definition) is 0. The van der Waals surface area contributed by atoms with Crippen molar-refractivity contribution in [2.24, 2.45) is 0 Å². The molecule has 0 unspecified atom stereocenters. The lowest BCUT2D eigenvalue weighted by atomic mass is 10.1. The fourth-order valence-corrected chi connectivity index (χ4v) is 2.60. The van der Waals surface area contributed by atoms with Gasteiger partial charge in [0, 0.05) is 25.9 Å². The van der Waals surface area contributed by atoms with Crippen LogP contribution in [0.1, 0.15) is 11.1 Å². The first-order valence-corrected chi connectivity index (χ1v) is 6.94. The maximum Gasteiger partial charge on any atom is 0.265 e. The SMILES string of the molecule is CN(C)/C=C1\C(=O)N(c2cccc(C#N)c2)c2ccccc21. The van der Waals surface area contributed by atoms with E-state index in [0.29, 0.717) is 16.8 Å². The molecule has 0 aromatic heterocycles. The largest absolute Gasteiger partial charge is 0.383 e. The molecule has 2 aromatic carbocycles. The first kappa shape index (κ1) is 13.9. The van der Waals surface area contributed by atoms with Gasteiger partial charge in [-0.3, -0.25) is 9.69 Å². The Labute approximate surface area is 129 Å². The fraction of sp³-hybridized carbons (Fsp3) is 0.111. The summed E-state index contributed by atoms with van der Waals surface area (Å²) in [5, 5.41) is 9.07. The number of carbonyl (C=O) groups excluding carboxylic acids is 1. The normalized spacial score (nSPS) is 14.9. The standard InChI is InChI=1S/C18H15N3O/c1-20(2)12-16-15-8-3-4-9-17(15)21(18(16)22)14-7-5-6-13(10-14)11-19/h3-10,12H,1-2H3/b16-12-. The van der Waals surface area contributed by atoms with Gasteiger partial charge in [-0.1, -0.05) is 24.3 Å². The van der Waals surface area contributed by atoms with Gasteiger partial charge in [0.15, 0.2) is 0 Å². The average molecular weight is 289 g/mol. The van der Waals surface area contributed by atoms with Crippen molar-refractivity contribution in [3.8, 4) is 6.07 Å². The highest BCUT2D eigenvalue weighted by Gasteiger charge is 2.33. The molecule has 0 radical (unpaired) electrons. The van der Waals surface area contributed by atoms with Gasteiger partial charge in [0.05, 0.1) is 28.6 Å². The van der Waals surface area contributed by atoms with E-state index in [0.717, 1.165) is 11.3 Å². The van der Waals surface area contributed by atoms with Crippen molar-refractivity contribution >= 4 is 22.9 Å². The van der Waals surface area contributed by atoms with E-state index >= 15 is 0 Å². The predicted octanol–water partition coefficient (Wildman–Crippen LogP) is 3.14. The van der Waals surface area contributed by atoms with Crippen LogP contribution in [0.2, 0.25) is 0 Å². The van der Waals surface area contributed by atoms with Crippen molar-refractivity contribution in [2.75, 3.05) is 19.0 Å². The van der Waals surface area contributed by atoms with Crippen LogP contribution in [0.5, 0.6) is 0 Å². The smallest absolute Gasteiger partial charge is 0.265 e. The summed E-state index contributed by atoms with van der Waals surface area (Å²) >= 11 is 0. The van der Waals surface area contributed by atoms with Gasteiger partial charge < -0.3 is 4.90 Å².